The summed E-state index contributed by atoms with van der Waals surface area (Å²) in [6, 6.07) is 5.82. The molecular weight excluding hydrogens is 228 g/mol. The van der Waals surface area contributed by atoms with Crippen molar-refractivity contribution in [2.75, 3.05) is 0 Å². The van der Waals surface area contributed by atoms with E-state index in [9.17, 15) is 0 Å². The molecule has 1 aromatic carbocycles. The van der Waals surface area contributed by atoms with Crippen LogP contribution in [0.1, 0.15) is 10.6 Å². The largest absolute Gasteiger partial charge is 0.325 e. The Bertz CT molecular complexity index is 479. The van der Waals surface area contributed by atoms with Crippen LogP contribution in [0.3, 0.4) is 0 Å². The highest BCUT2D eigenvalue weighted by atomic mass is 35.5. The lowest BCUT2D eigenvalue weighted by Gasteiger charge is -2.02. The van der Waals surface area contributed by atoms with Crippen LogP contribution in [0.4, 0.5) is 0 Å². The summed E-state index contributed by atoms with van der Waals surface area (Å²) < 4.78 is 0. The second kappa shape index (κ2) is 4.31. The molecule has 0 bridgehead atoms. The van der Waals surface area contributed by atoms with Gasteiger partial charge in [-0.25, -0.2) is 4.98 Å². The van der Waals surface area contributed by atoms with Gasteiger partial charge in [-0.1, -0.05) is 17.7 Å². The monoisotopic (exact) mass is 238 g/mol. The number of aromatic nitrogens is 1. The first-order valence-corrected chi connectivity index (χ1v) is 5.87. The molecule has 0 atom stereocenters. The fourth-order valence-electron chi connectivity index (χ4n) is 1.44. The van der Waals surface area contributed by atoms with Gasteiger partial charge in [0.25, 0.3) is 0 Å². The molecule has 15 heavy (non-hydrogen) atoms. The lowest BCUT2D eigenvalue weighted by atomic mass is 10.1. The maximum atomic E-state index is 5.90. The van der Waals surface area contributed by atoms with Gasteiger partial charge in [0.2, 0.25) is 0 Å². The van der Waals surface area contributed by atoms with Gasteiger partial charge in [-0.15, -0.1) is 11.3 Å². The minimum Gasteiger partial charge on any atom is -0.325 e. The van der Waals surface area contributed by atoms with Crippen LogP contribution in [-0.2, 0) is 6.54 Å². The highest BCUT2D eigenvalue weighted by molar-refractivity contribution is 7.09. The van der Waals surface area contributed by atoms with Gasteiger partial charge in [0.15, 0.2) is 0 Å². The molecule has 4 heteroatoms. The van der Waals surface area contributed by atoms with E-state index in [1.807, 2.05) is 30.5 Å². The van der Waals surface area contributed by atoms with E-state index in [1.165, 1.54) is 0 Å². The molecule has 0 saturated carbocycles. The molecule has 0 radical (unpaired) electrons. The van der Waals surface area contributed by atoms with Gasteiger partial charge in [0.05, 0.1) is 5.69 Å². The Kier molecular flexibility index (Phi) is 3.05. The van der Waals surface area contributed by atoms with Crippen molar-refractivity contribution in [2.24, 2.45) is 5.73 Å². The summed E-state index contributed by atoms with van der Waals surface area (Å²) >= 11 is 7.49. The zero-order valence-electron chi connectivity index (χ0n) is 8.33. The van der Waals surface area contributed by atoms with E-state index in [1.54, 1.807) is 11.3 Å². The third kappa shape index (κ3) is 2.20. The van der Waals surface area contributed by atoms with Crippen LogP contribution in [-0.4, -0.2) is 4.98 Å². The minimum absolute atomic E-state index is 0.497. The summed E-state index contributed by atoms with van der Waals surface area (Å²) in [5, 5.41) is 3.74. The van der Waals surface area contributed by atoms with Crippen molar-refractivity contribution in [3.8, 4) is 11.3 Å². The molecule has 2 nitrogen and oxygen atoms in total. The number of benzene rings is 1. The normalized spacial score (nSPS) is 10.6. The molecule has 0 aliphatic heterocycles. The lowest BCUT2D eigenvalue weighted by Crippen LogP contribution is -1.94. The Hall–Kier alpha value is -0.900. The minimum atomic E-state index is 0.497. The molecule has 2 aromatic rings. The Labute approximate surface area is 97.7 Å². The van der Waals surface area contributed by atoms with Crippen LogP contribution in [0.15, 0.2) is 23.6 Å². The summed E-state index contributed by atoms with van der Waals surface area (Å²) in [7, 11) is 0. The number of halogens is 1. The first-order chi connectivity index (χ1) is 7.20. The molecule has 0 fully saturated rings. The van der Waals surface area contributed by atoms with Gasteiger partial charge in [0, 0.05) is 22.5 Å². The average molecular weight is 239 g/mol. The van der Waals surface area contributed by atoms with E-state index in [2.05, 4.69) is 4.98 Å². The molecule has 0 spiro atoms. The van der Waals surface area contributed by atoms with E-state index in [0.29, 0.717) is 6.54 Å². The second-order valence-electron chi connectivity index (χ2n) is 3.29. The van der Waals surface area contributed by atoms with Crippen LogP contribution in [0.2, 0.25) is 5.02 Å². The van der Waals surface area contributed by atoms with Crippen LogP contribution in [0.25, 0.3) is 11.3 Å². The highest BCUT2D eigenvalue weighted by Gasteiger charge is 2.06. The smallest absolute Gasteiger partial charge is 0.107 e. The number of rotatable bonds is 2. The summed E-state index contributed by atoms with van der Waals surface area (Å²) in [6.45, 7) is 2.53. The second-order valence-corrected chi connectivity index (χ2v) is 4.67. The summed E-state index contributed by atoms with van der Waals surface area (Å²) in [5.41, 5.74) is 8.77. The van der Waals surface area contributed by atoms with Gasteiger partial charge in [-0.05, 0) is 24.6 Å². The van der Waals surface area contributed by atoms with Gasteiger partial charge in [-0.2, -0.15) is 0 Å². The molecule has 2 rings (SSSR count). The van der Waals surface area contributed by atoms with Crippen molar-refractivity contribution >= 4 is 22.9 Å². The van der Waals surface area contributed by atoms with Crippen molar-refractivity contribution < 1.29 is 0 Å². The number of hydrogen-bond acceptors (Lipinski definition) is 3. The Morgan fingerprint density at radius 3 is 2.87 bits per heavy atom. The summed E-state index contributed by atoms with van der Waals surface area (Å²) in [6.07, 6.45) is 0. The predicted molar refractivity (Wildman–Crippen MR) is 65.2 cm³/mol. The van der Waals surface area contributed by atoms with Gasteiger partial charge >= 0.3 is 0 Å². The molecular formula is C11H11ClN2S. The molecule has 0 unspecified atom stereocenters. The number of thiazole rings is 1. The number of nitrogens with two attached hydrogens (primary N) is 1. The van der Waals surface area contributed by atoms with Gasteiger partial charge < -0.3 is 5.73 Å². The van der Waals surface area contributed by atoms with E-state index in [-0.39, 0.29) is 0 Å². The molecule has 0 aliphatic rings. The summed E-state index contributed by atoms with van der Waals surface area (Å²) in [4.78, 5) is 4.44. The van der Waals surface area contributed by atoms with Crippen molar-refractivity contribution in [2.45, 2.75) is 13.5 Å². The zero-order valence-corrected chi connectivity index (χ0v) is 9.90. The number of nitrogens with zero attached hydrogens (tertiary/aromatic N) is 1. The topological polar surface area (TPSA) is 38.9 Å². The van der Waals surface area contributed by atoms with Crippen molar-refractivity contribution in [1.29, 1.82) is 0 Å². The van der Waals surface area contributed by atoms with E-state index in [4.69, 9.17) is 17.3 Å². The standard InChI is InChI=1S/C11H11ClN2S/c1-7-4-8(12)2-3-9(7)10-6-15-11(5-13)14-10/h2-4,6H,5,13H2,1H3. The van der Waals surface area contributed by atoms with Crippen molar-refractivity contribution in [3.63, 3.8) is 0 Å². The van der Waals surface area contributed by atoms with E-state index < -0.39 is 0 Å². The molecule has 1 heterocycles. The molecule has 0 amide bonds. The zero-order chi connectivity index (χ0) is 10.8. The Morgan fingerprint density at radius 2 is 2.27 bits per heavy atom. The molecule has 0 saturated heterocycles. The van der Waals surface area contributed by atoms with E-state index in [0.717, 1.165) is 26.9 Å². The fourth-order valence-corrected chi connectivity index (χ4v) is 2.34. The maximum Gasteiger partial charge on any atom is 0.107 e. The predicted octanol–water partition coefficient (Wildman–Crippen LogP) is 3.23. The Morgan fingerprint density at radius 1 is 1.47 bits per heavy atom. The fraction of sp³-hybridized carbons (Fsp3) is 0.182. The quantitative estimate of drug-likeness (QED) is 0.873. The third-order valence-corrected chi connectivity index (χ3v) is 3.30. The molecule has 78 valence electrons. The molecule has 1 aromatic heterocycles. The third-order valence-electron chi connectivity index (χ3n) is 2.19. The lowest BCUT2D eigenvalue weighted by molar-refractivity contribution is 1.04. The SMILES string of the molecule is Cc1cc(Cl)ccc1-c1csc(CN)n1. The Balaban J connectivity index is 2.44. The summed E-state index contributed by atoms with van der Waals surface area (Å²) in [5.74, 6) is 0. The van der Waals surface area contributed by atoms with Crippen LogP contribution < -0.4 is 5.73 Å². The van der Waals surface area contributed by atoms with Crippen LogP contribution in [0, 0.1) is 6.92 Å². The van der Waals surface area contributed by atoms with Crippen LogP contribution >= 0.6 is 22.9 Å². The van der Waals surface area contributed by atoms with Crippen molar-refractivity contribution in [3.05, 3.63) is 39.2 Å². The van der Waals surface area contributed by atoms with Gasteiger partial charge in [0.1, 0.15) is 5.01 Å². The first kappa shape index (κ1) is 10.6. The average Bonchev–Trinajstić information content (AvgIpc) is 2.66. The van der Waals surface area contributed by atoms with Crippen molar-refractivity contribution in [1.82, 2.24) is 4.98 Å². The molecule has 0 aliphatic carbocycles. The van der Waals surface area contributed by atoms with Crippen LogP contribution in [0.5, 0.6) is 0 Å². The van der Waals surface area contributed by atoms with Gasteiger partial charge in [-0.3, -0.25) is 0 Å². The number of hydrogen-bond donors (Lipinski definition) is 1. The highest BCUT2D eigenvalue weighted by Crippen LogP contribution is 2.26. The van der Waals surface area contributed by atoms with E-state index >= 15 is 0 Å². The molecule has 2 N–H and O–H groups in total. The maximum absolute atomic E-state index is 5.90. The number of aryl methyl sites for hydroxylation is 1. The first-order valence-electron chi connectivity index (χ1n) is 4.61.